The topological polar surface area (TPSA) is 0 Å². The fourth-order valence-corrected chi connectivity index (χ4v) is 3.73. The van der Waals surface area contributed by atoms with Gasteiger partial charge < -0.3 is 0 Å². The maximum absolute atomic E-state index is 2.39. The van der Waals surface area contributed by atoms with Gasteiger partial charge in [-0.05, 0) is 22.3 Å². The highest BCUT2D eigenvalue weighted by molar-refractivity contribution is 6.88. The predicted molar refractivity (Wildman–Crippen MR) is 87.3 cm³/mol. The summed E-state index contributed by atoms with van der Waals surface area (Å²) in [5.41, 5.74) is 5.33. The molecule has 2 aromatic rings. The van der Waals surface area contributed by atoms with Gasteiger partial charge in [0.15, 0.2) is 0 Å². The largest absolute Gasteiger partial charge is 0.0775 e. The second-order valence-electron chi connectivity index (χ2n) is 6.16. The zero-order valence-electron chi connectivity index (χ0n) is 11.8. The first-order chi connectivity index (χ1) is 9.05. The van der Waals surface area contributed by atoms with E-state index in [1.807, 2.05) is 0 Å². The van der Waals surface area contributed by atoms with E-state index in [1.165, 1.54) is 27.4 Å². The van der Waals surface area contributed by atoms with Gasteiger partial charge in [-0.25, -0.2) is 0 Å². The number of hydrogen-bond acceptors (Lipinski definition) is 0. The molecule has 0 aliphatic heterocycles. The van der Waals surface area contributed by atoms with Gasteiger partial charge in [0.2, 0.25) is 0 Å². The van der Waals surface area contributed by atoms with Crippen molar-refractivity contribution in [3.8, 4) is 11.1 Å². The molecule has 0 amide bonds. The molecule has 1 heteroatoms. The Hall–Kier alpha value is -1.60. The first-order valence-electron chi connectivity index (χ1n) is 6.81. The summed E-state index contributed by atoms with van der Waals surface area (Å²) in [7, 11) is -1.20. The summed E-state index contributed by atoms with van der Waals surface area (Å²) in [6.07, 6.45) is 6.51. The molecule has 1 radical (unpaired) electrons. The van der Waals surface area contributed by atoms with Crippen molar-refractivity contribution in [2.45, 2.75) is 19.6 Å². The second-order valence-corrected chi connectivity index (χ2v) is 11.2. The number of fused-ring (bicyclic) bond motifs is 1. The average molecular weight is 263 g/mol. The van der Waals surface area contributed by atoms with Crippen molar-refractivity contribution in [3.05, 3.63) is 66.1 Å². The summed E-state index contributed by atoms with van der Waals surface area (Å²) >= 11 is 0. The minimum absolute atomic E-state index is 1.20. The molecule has 95 valence electrons. The van der Waals surface area contributed by atoms with Gasteiger partial charge >= 0.3 is 0 Å². The first kappa shape index (κ1) is 12.4. The van der Waals surface area contributed by atoms with E-state index in [4.69, 9.17) is 0 Å². The van der Waals surface area contributed by atoms with Gasteiger partial charge in [0.05, 0.1) is 8.07 Å². The van der Waals surface area contributed by atoms with Crippen LogP contribution in [0, 0.1) is 6.42 Å². The number of benzene rings is 2. The Morgan fingerprint density at radius 2 is 1.58 bits per heavy atom. The summed E-state index contributed by atoms with van der Waals surface area (Å²) in [5.74, 6) is 0. The molecule has 0 saturated carbocycles. The van der Waals surface area contributed by atoms with E-state index in [1.54, 1.807) is 0 Å². The fourth-order valence-electron chi connectivity index (χ4n) is 2.56. The SMILES string of the molecule is C[Si](C)(C)c1ccc(-c2cccc3c2C=C[CH]3)cc1. The molecular weight excluding hydrogens is 244 g/mol. The first-order valence-corrected chi connectivity index (χ1v) is 10.3. The van der Waals surface area contributed by atoms with Crippen molar-refractivity contribution in [2.75, 3.05) is 0 Å². The molecule has 0 heterocycles. The molecule has 0 atom stereocenters. The van der Waals surface area contributed by atoms with Gasteiger partial charge in [-0.2, -0.15) is 0 Å². The molecule has 0 saturated heterocycles. The van der Waals surface area contributed by atoms with Crippen molar-refractivity contribution >= 4 is 19.3 Å². The van der Waals surface area contributed by atoms with Crippen LogP contribution in [0.25, 0.3) is 17.2 Å². The van der Waals surface area contributed by atoms with E-state index < -0.39 is 8.07 Å². The van der Waals surface area contributed by atoms with E-state index in [-0.39, 0.29) is 0 Å². The van der Waals surface area contributed by atoms with Crippen LogP contribution in [0.4, 0.5) is 0 Å². The minimum atomic E-state index is -1.20. The summed E-state index contributed by atoms with van der Waals surface area (Å²) < 4.78 is 0. The normalized spacial score (nSPS) is 13.6. The molecule has 2 aromatic carbocycles. The maximum Gasteiger partial charge on any atom is 0.0775 e. The standard InChI is InChI=1S/C18H19Si/c1-19(2,3)16-12-10-15(11-13-16)18-9-5-7-14-6-4-8-17(14)18/h4-13H,1-3H3. The van der Waals surface area contributed by atoms with Crippen LogP contribution in [0.5, 0.6) is 0 Å². The molecule has 0 aromatic heterocycles. The van der Waals surface area contributed by atoms with E-state index in [2.05, 4.69) is 80.7 Å². The quantitative estimate of drug-likeness (QED) is 0.701. The van der Waals surface area contributed by atoms with E-state index >= 15 is 0 Å². The lowest BCUT2D eigenvalue weighted by Crippen LogP contribution is -2.37. The number of allylic oxidation sites excluding steroid dienone is 1. The van der Waals surface area contributed by atoms with Crippen molar-refractivity contribution in [1.29, 1.82) is 0 Å². The van der Waals surface area contributed by atoms with Gasteiger partial charge in [0.1, 0.15) is 0 Å². The molecule has 19 heavy (non-hydrogen) atoms. The van der Waals surface area contributed by atoms with Crippen LogP contribution >= 0.6 is 0 Å². The summed E-state index contributed by atoms with van der Waals surface area (Å²) in [5, 5.41) is 1.52. The molecule has 1 aliphatic carbocycles. The Labute approximate surface area is 116 Å². The monoisotopic (exact) mass is 263 g/mol. The Morgan fingerprint density at radius 3 is 2.26 bits per heavy atom. The lowest BCUT2D eigenvalue weighted by molar-refractivity contribution is 1.53. The Morgan fingerprint density at radius 1 is 0.842 bits per heavy atom. The van der Waals surface area contributed by atoms with Crippen LogP contribution in [0.3, 0.4) is 0 Å². The maximum atomic E-state index is 2.39. The molecule has 0 nitrogen and oxygen atoms in total. The summed E-state index contributed by atoms with van der Waals surface area (Å²) in [6, 6.07) is 15.7. The molecule has 0 bridgehead atoms. The van der Waals surface area contributed by atoms with Crippen LogP contribution in [-0.4, -0.2) is 8.07 Å². The second kappa shape index (κ2) is 4.50. The van der Waals surface area contributed by atoms with Gasteiger partial charge in [-0.1, -0.05) is 79.4 Å². The smallest absolute Gasteiger partial charge is 0.0754 e. The summed E-state index contributed by atoms with van der Waals surface area (Å²) in [6.45, 7) is 7.17. The van der Waals surface area contributed by atoms with Gasteiger partial charge in [-0.15, -0.1) is 0 Å². The molecule has 3 rings (SSSR count). The van der Waals surface area contributed by atoms with Gasteiger partial charge in [0, 0.05) is 6.42 Å². The van der Waals surface area contributed by atoms with Crippen molar-refractivity contribution < 1.29 is 0 Å². The molecule has 0 unspecified atom stereocenters. The van der Waals surface area contributed by atoms with Crippen LogP contribution in [0.1, 0.15) is 11.1 Å². The third-order valence-electron chi connectivity index (χ3n) is 3.74. The zero-order valence-corrected chi connectivity index (χ0v) is 12.8. The average Bonchev–Trinajstić information content (AvgIpc) is 2.86. The third-order valence-corrected chi connectivity index (χ3v) is 5.81. The van der Waals surface area contributed by atoms with Crippen molar-refractivity contribution in [1.82, 2.24) is 0 Å². The Bertz CT molecular complexity index is 628. The molecule has 0 fully saturated rings. The number of rotatable bonds is 2. The van der Waals surface area contributed by atoms with Gasteiger partial charge in [0.25, 0.3) is 0 Å². The Balaban J connectivity index is 2.04. The van der Waals surface area contributed by atoms with Crippen LogP contribution in [0.15, 0.2) is 48.5 Å². The lowest BCUT2D eigenvalue weighted by Gasteiger charge is -2.17. The van der Waals surface area contributed by atoms with Crippen LogP contribution in [0.2, 0.25) is 19.6 Å². The third kappa shape index (κ3) is 2.31. The highest BCUT2D eigenvalue weighted by Gasteiger charge is 2.16. The molecular formula is C18H19Si. The zero-order chi connectivity index (χ0) is 13.5. The van der Waals surface area contributed by atoms with Crippen molar-refractivity contribution in [3.63, 3.8) is 0 Å². The fraction of sp³-hybridized carbons (Fsp3) is 0.167. The Kier molecular flexibility index (Phi) is 2.94. The summed E-state index contributed by atoms with van der Waals surface area (Å²) in [4.78, 5) is 0. The van der Waals surface area contributed by atoms with Gasteiger partial charge in [-0.3, -0.25) is 0 Å². The predicted octanol–water partition coefficient (Wildman–Crippen LogP) is 4.48. The van der Waals surface area contributed by atoms with E-state index in [0.717, 1.165) is 0 Å². The highest BCUT2D eigenvalue weighted by Crippen LogP contribution is 2.31. The van der Waals surface area contributed by atoms with Crippen LogP contribution in [-0.2, 0) is 0 Å². The highest BCUT2D eigenvalue weighted by atomic mass is 28.3. The van der Waals surface area contributed by atoms with Crippen molar-refractivity contribution in [2.24, 2.45) is 0 Å². The van der Waals surface area contributed by atoms with Crippen LogP contribution < -0.4 is 5.19 Å². The molecule has 1 aliphatic rings. The van der Waals surface area contributed by atoms with E-state index in [9.17, 15) is 0 Å². The molecule has 0 N–H and O–H groups in total. The van der Waals surface area contributed by atoms with E-state index in [0.29, 0.717) is 0 Å². The molecule has 0 spiro atoms. The minimum Gasteiger partial charge on any atom is -0.0754 e. The number of hydrogen-bond donors (Lipinski definition) is 0. The lowest BCUT2D eigenvalue weighted by atomic mass is 9.97.